The van der Waals surface area contributed by atoms with Crippen LogP contribution in [-0.2, 0) is 12.0 Å². The van der Waals surface area contributed by atoms with E-state index in [1.54, 1.807) is 0 Å². The molecule has 0 amide bonds. The van der Waals surface area contributed by atoms with Crippen molar-refractivity contribution in [2.75, 3.05) is 25.0 Å². The average Bonchev–Trinajstić information content (AvgIpc) is 2.37. The molecule has 0 aliphatic rings. The minimum Gasteiger partial charge on any atom is -0.359 e. The molecule has 0 atom stereocenters. The smallest absolute Gasteiger partial charge is 0.128 e. The van der Waals surface area contributed by atoms with Crippen molar-refractivity contribution in [3.8, 4) is 0 Å². The predicted octanol–water partition coefficient (Wildman–Crippen LogP) is 3.97. The van der Waals surface area contributed by atoms with Gasteiger partial charge in [-0.05, 0) is 36.6 Å². The van der Waals surface area contributed by atoms with Crippen LogP contribution in [0.1, 0.15) is 59.2 Å². The zero-order chi connectivity index (χ0) is 16.0. The van der Waals surface area contributed by atoms with Crippen LogP contribution in [0.4, 0.5) is 5.82 Å². The van der Waals surface area contributed by atoms with E-state index >= 15 is 0 Å². The van der Waals surface area contributed by atoms with E-state index < -0.39 is 0 Å². The van der Waals surface area contributed by atoms with Gasteiger partial charge in [0.05, 0.1) is 0 Å². The number of pyridine rings is 1. The maximum absolute atomic E-state index is 4.88. The zero-order valence-electron chi connectivity index (χ0n) is 15.0. The van der Waals surface area contributed by atoms with Crippen molar-refractivity contribution in [1.29, 1.82) is 0 Å². The van der Waals surface area contributed by atoms with Crippen molar-refractivity contribution < 1.29 is 0 Å². The van der Waals surface area contributed by atoms with Gasteiger partial charge in [-0.2, -0.15) is 0 Å². The number of rotatable bonds is 7. The number of hydrogen-bond acceptors (Lipinski definition) is 3. The van der Waals surface area contributed by atoms with Crippen molar-refractivity contribution in [3.05, 3.63) is 23.4 Å². The first-order valence-corrected chi connectivity index (χ1v) is 8.17. The molecule has 0 unspecified atom stereocenters. The van der Waals surface area contributed by atoms with E-state index in [0.717, 1.165) is 31.9 Å². The van der Waals surface area contributed by atoms with Gasteiger partial charge in [-0.1, -0.05) is 41.5 Å². The Morgan fingerprint density at radius 3 is 2.43 bits per heavy atom. The quantitative estimate of drug-likeness (QED) is 0.770. The minimum absolute atomic E-state index is 0.0776. The summed E-state index contributed by atoms with van der Waals surface area (Å²) in [6.45, 7) is 16.4. The van der Waals surface area contributed by atoms with E-state index in [1.807, 2.05) is 0 Å². The molecule has 0 spiro atoms. The summed E-state index contributed by atoms with van der Waals surface area (Å²) in [5, 5.41) is 3.49. The fourth-order valence-corrected chi connectivity index (χ4v) is 2.30. The summed E-state index contributed by atoms with van der Waals surface area (Å²) in [7, 11) is 2.14. The van der Waals surface area contributed by atoms with Gasteiger partial charge in [-0.15, -0.1) is 0 Å². The SMILES string of the molecule is CCCNCc1cc(N(C)CC(C)C)nc(C(C)(C)C)c1. The Labute approximate surface area is 131 Å². The first kappa shape index (κ1) is 18.0. The van der Waals surface area contributed by atoms with Crippen LogP contribution in [0.5, 0.6) is 0 Å². The molecule has 1 rings (SSSR count). The van der Waals surface area contributed by atoms with Gasteiger partial charge in [0.1, 0.15) is 5.82 Å². The van der Waals surface area contributed by atoms with Gasteiger partial charge in [0.15, 0.2) is 0 Å². The van der Waals surface area contributed by atoms with Crippen LogP contribution in [0.15, 0.2) is 12.1 Å². The lowest BCUT2D eigenvalue weighted by atomic mass is 9.90. The first-order chi connectivity index (χ1) is 9.74. The molecule has 0 saturated carbocycles. The molecule has 21 heavy (non-hydrogen) atoms. The number of nitrogens with one attached hydrogen (secondary N) is 1. The van der Waals surface area contributed by atoms with Crippen molar-refractivity contribution in [2.45, 2.75) is 59.9 Å². The van der Waals surface area contributed by atoms with Crippen molar-refractivity contribution in [3.63, 3.8) is 0 Å². The Morgan fingerprint density at radius 1 is 1.24 bits per heavy atom. The van der Waals surface area contributed by atoms with Crippen molar-refractivity contribution in [1.82, 2.24) is 10.3 Å². The van der Waals surface area contributed by atoms with Crippen LogP contribution in [-0.4, -0.2) is 25.1 Å². The first-order valence-electron chi connectivity index (χ1n) is 8.17. The standard InChI is InChI=1S/C18H33N3/c1-8-9-19-12-15-10-16(18(4,5)6)20-17(11-15)21(7)13-14(2)3/h10-11,14,19H,8-9,12-13H2,1-7H3. The summed E-state index contributed by atoms with van der Waals surface area (Å²) in [5.74, 6) is 1.72. The summed E-state index contributed by atoms with van der Waals surface area (Å²) in [4.78, 5) is 7.15. The van der Waals surface area contributed by atoms with Gasteiger partial charge in [0.2, 0.25) is 0 Å². The van der Waals surface area contributed by atoms with Crippen LogP contribution in [0.2, 0.25) is 0 Å². The fraction of sp³-hybridized carbons (Fsp3) is 0.722. The lowest BCUT2D eigenvalue weighted by Gasteiger charge is -2.25. The number of aromatic nitrogens is 1. The highest BCUT2D eigenvalue weighted by Gasteiger charge is 2.18. The van der Waals surface area contributed by atoms with Crippen molar-refractivity contribution >= 4 is 5.82 Å². The van der Waals surface area contributed by atoms with Crippen LogP contribution in [0.25, 0.3) is 0 Å². The maximum atomic E-state index is 4.88. The van der Waals surface area contributed by atoms with E-state index in [4.69, 9.17) is 4.98 Å². The number of hydrogen-bond donors (Lipinski definition) is 1. The molecular weight excluding hydrogens is 258 g/mol. The summed E-state index contributed by atoms with van der Waals surface area (Å²) >= 11 is 0. The van der Waals surface area contributed by atoms with Crippen LogP contribution in [0.3, 0.4) is 0 Å². The molecule has 1 aromatic heterocycles. The summed E-state index contributed by atoms with van der Waals surface area (Å²) in [5.41, 5.74) is 2.58. The Hall–Kier alpha value is -1.09. The second kappa shape index (κ2) is 7.79. The van der Waals surface area contributed by atoms with Gasteiger partial charge in [0, 0.05) is 31.2 Å². The second-order valence-electron chi connectivity index (χ2n) is 7.42. The summed E-state index contributed by atoms with van der Waals surface area (Å²) < 4.78 is 0. The molecule has 3 nitrogen and oxygen atoms in total. The molecule has 1 N–H and O–H groups in total. The van der Waals surface area contributed by atoms with E-state index in [0.29, 0.717) is 5.92 Å². The molecule has 0 radical (unpaired) electrons. The Kier molecular flexibility index (Phi) is 6.66. The highest BCUT2D eigenvalue weighted by molar-refractivity contribution is 5.43. The van der Waals surface area contributed by atoms with Crippen LogP contribution < -0.4 is 10.2 Å². The van der Waals surface area contributed by atoms with Gasteiger partial charge >= 0.3 is 0 Å². The molecule has 0 fully saturated rings. The van der Waals surface area contributed by atoms with Crippen LogP contribution >= 0.6 is 0 Å². The normalized spacial score (nSPS) is 12.0. The summed E-state index contributed by atoms with van der Waals surface area (Å²) in [6, 6.07) is 4.47. The van der Waals surface area contributed by atoms with Crippen molar-refractivity contribution in [2.24, 2.45) is 5.92 Å². The largest absolute Gasteiger partial charge is 0.359 e. The maximum Gasteiger partial charge on any atom is 0.128 e. The minimum atomic E-state index is 0.0776. The highest BCUT2D eigenvalue weighted by atomic mass is 15.2. The van der Waals surface area contributed by atoms with Crippen LogP contribution in [0, 0.1) is 5.92 Å². The molecule has 0 saturated heterocycles. The second-order valence-corrected chi connectivity index (χ2v) is 7.42. The molecular formula is C18H33N3. The van der Waals surface area contributed by atoms with Gasteiger partial charge in [-0.3, -0.25) is 0 Å². The molecule has 0 aromatic carbocycles. The monoisotopic (exact) mass is 291 g/mol. The topological polar surface area (TPSA) is 28.2 Å². The summed E-state index contributed by atoms with van der Waals surface area (Å²) in [6.07, 6.45) is 1.16. The molecule has 0 bridgehead atoms. The molecule has 120 valence electrons. The zero-order valence-corrected chi connectivity index (χ0v) is 15.0. The predicted molar refractivity (Wildman–Crippen MR) is 93.0 cm³/mol. The van der Waals surface area contributed by atoms with E-state index in [-0.39, 0.29) is 5.41 Å². The third-order valence-electron chi connectivity index (χ3n) is 3.43. The van der Waals surface area contributed by atoms with Gasteiger partial charge in [0.25, 0.3) is 0 Å². The third-order valence-corrected chi connectivity index (χ3v) is 3.43. The fourth-order valence-electron chi connectivity index (χ4n) is 2.30. The number of nitrogens with zero attached hydrogens (tertiary/aromatic N) is 2. The Balaban J connectivity index is 3.03. The van der Waals surface area contributed by atoms with Gasteiger partial charge < -0.3 is 10.2 Å². The molecule has 1 heterocycles. The molecule has 3 heteroatoms. The molecule has 0 aliphatic carbocycles. The Bertz CT molecular complexity index is 433. The molecule has 0 aliphatic heterocycles. The van der Waals surface area contributed by atoms with E-state index in [9.17, 15) is 0 Å². The lowest BCUT2D eigenvalue weighted by molar-refractivity contribution is 0.563. The average molecular weight is 291 g/mol. The van der Waals surface area contributed by atoms with Gasteiger partial charge in [-0.25, -0.2) is 4.98 Å². The molecule has 1 aromatic rings. The highest BCUT2D eigenvalue weighted by Crippen LogP contribution is 2.25. The van der Waals surface area contributed by atoms with E-state index in [1.165, 1.54) is 11.3 Å². The number of anilines is 1. The third kappa shape index (κ3) is 6.04. The van der Waals surface area contributed by atoms with E-state index in [2.05, 4.69) is 70.9 Å². The lowest BCUT2D eigenvalue weighted by Crippen LogP contribution is -2.26. The Morgan fingerprint density at radius 2 is 1.90 bits per heavy atom.